The van der Waals surface area contributed by atoms with Crippen molar-refractivity contribution in [2.75, 3.05) is 19.8 Å². The predicted molar refractivity (Wildman–Crippen MR) is 112 cm³/mol. The lowest BCUT2D eigenvalue weighted by atomic mass is 10.1. The fourth-order valence-electron chi connectivity index (χ4n) is 2.41. The normalized spacial score (nSPS) is 11.9. The van der Waals surface area contributed by atoms with Crippen LogP contribution in [0.4, 0.5) is 13.2 Å². The Balaban J connectivity index is 2.20. The van der Waals surface area contributed by atoms with E-state index in [1.807, 2.05) is 13.8 Å². The Morgan fingerprint density at radius 3 is 2.38 bits per heavy atom. The van der Waals surface area contributed by atoms with E-state index >= 15 is 0 Å². The van der Waals surface area contributed by atoms with Gasteiger partial charge in [0.25, 0.3) is 11.8 Å². The largest absolute Gasteiger partial charge is 0.493 e. The van der Waals surface area contributed by atoms with Gasteiger partial charge in [0.05, 0.1) is 13.2 Å². The molecule has 0 bridgehead atoms. The molecule has 2 rings (SSSR count). The monoisotopic (exact) mass is 451 g/mol. The standard InChI is InChI=1S/C22H24F3N3O4/c1-14(2)13-32-17-6-4-16(5-7-17)20(30)28-18(21(31)26-9-10-29)11-15-3-8-19(27-12-15)22(23,24)25/h3-8,11-12,14,29H,9-10,13H2,1-2H3,(H,26,31)(H,28,30)/b18-11+. The van der Waals surface area contributed by atoms with Crippen molar-refractivity contribution in [2.45, 2.75) is 20.0 Å². The number of carbonyl (C=O) groups is 2. The minimum absolute atomic E-state index is 0.0702. The highest BCUT2D eigenvalue weighted by Gasteiger charge is 2.32. The molecular weight excluding hydrogens is 427 g/mol. The first-order chi connectivity index (χ1) is 15.1. The van der Waals surface area contributed by atoms with Gasteiger partial charge in [0.2, 0.25) is 0 Å². The van der Waals surface area contributed by atoms with E-state index < -0.39 is 23.7 Å². The Bertz CT molecular complexity index is 940. The second kappa shape index (κ2) is 11.3. The van der Waals surface area contributed by atoms with E-state index in [0.29, 0.717) is 18.3 Å². The molecule has 1 heterocycles. The minimum Gasteiger partial charge on any atom is -0.493 e. The van der Waals surface area contributed by atoms with Crippen LogP contribution in [0.25, 0.3) is 6.08 Å². The summed E-state index contributed by atoms with van der Waals surface area (Å²) in [5.74, 6) is -0.403. The van der Waals surface area contributed by atoms with Gasteiger partial charge in [-0.1, -0.05) is 19.9 Å². The second-order valence-corrected chi connectivity index (χ2v) is 7.20. The Morgan fingerprint density at radius 1 is 1.16 bits per heavy atom. The molecule has 1 aromatic carbocycles. The summed E-state index contributed by atoms with van der Waals surface area (Å²) in [6.45, 7) is 4.13. The highest BCUT2D eigenvalue weighted by atomic mass is 19.4. The SMILES string of the molecule is CC(C)COc1ccc(C(=O)N/C(=C/c2ccc(C(F)(F)F)nc2)C(=O)NCCO)cc1. The first-order valence-electron chi connectivity index (χ1n) is 9.78. The van der Waals surface area contributed by atoms with Crippen LogP contribution in [-0.4, -0.2) is 41.7 Å². The number of nitrogens with one attached hydrogen (secondary N) is 2. The molecule has 2 aromatic rings. The Morgan fingerprint density at radius 2 is 1.84 bits per heavy atom. The number of aromatic nitrogens is 1. The van der Waals surface area contributed by atoms with E-state index in [4.69, 9.17) is 9.84 Å². The van der Waals surface area contributed by atoms with Crippen LogP contribution in [0, 0.1) is 5.92 Å². The topological polar surface area (TPSA) is 101 Å². The first kappa shape index (κ1) is 24.9. The maximum absolute atomic E-state index is 12.7. The molecule has 0 aliphatic carbocycles. The number of nitrogens with zero attached hydrogens (tertiary/aromatic N) is 1. The molecule has 0 atom stereocenters. The fraction of sp³-hybridized carbons (Fsp3) is 0.318. The van der Waals surface area contributed by atoms with Crippen molar-refractivity contribution in [2.24, 2.45) is 5.92 Å². The van der Waals surface area contributed by atoms with Crippen LogP contribution in [0.3, 0.4) is 0 Å². The van der Waals surface area contributed by atoms with Gasteiger partial charge in [0.1, 0.15) is 17.1 Å². The second-order valence-electron chi connectivity index (χ2n) is 7.20. The smallest absolute Gasteiger partial charge is 0.433 e. The molecule has 0 aliphatic rings. The van der Waals surface area contributed by atoms with Crippen LogP contribution in [0.2, 0.25) is 0 Å². The number of rotatable bonds is 9. The van der Waals surface area contributed by atoms with Gasteiger partial charge in [0.15, 0.2) is 0 Å². The third-order valence-corrected chi connectivity index (χ3v) is 3.98. The molecule has 32 heavy (non-hydrogen) atoms. The summed E-state index contributed by atoms with van der Waals surface area (Å²) in [4.78, 5) is 28.3. The fourth-order valence-corrected chi connectivity index (χ4v) is 2.41. The molecule has 2 amide bonds. The number of hydrogen-bond donors (Lipinski definition) is 3. The lowest BCUT2D eigenvalue weighted by Gasteiger charge is -2.12. The molecule has 0 spiro atoms. The quantitative estimate of drug-likeness (QED) is 0.509. The summed E-state index contributed by atoms with van der Waals surface area (Å²) >= 11 is 0. The molecule has 0 fully saturated rings. The number of alkyl halides is 3. The van der Waals surface area contributed by atoms with Crippen LogP contribution in [0.5, 0.6) is 5.75 Å². The van der Waals surface area contributed by atoms with Gasteiger partial charge in [-0.05, 0) is 47.9 Å². The van der Waals surface area contributed by atoms with Gasteiger partial charge < -0.3 is 20.5 Å². The summed E-state index contributed by atoms with van der Waals surface area (Å²) < 4.78 is 43.6. The average molecular weight is 451 g/mol. The molecule has 0 aliphatic heterocycles. The maximum Gasteiger partial charge on any atom is 0.433 e. The van der Waals surface area contributed by atoms with E-state index in [9.17, 15) is 22.8 Å². The minimum atomic E-state index is -4.59. The van der Waals surface area contributed by atoms with Crippen molar-refractivity contribution < 1.29 is 32.6 Å². The van der Waals surface area contributed by atoms with Crippen molar-refractivity contribution in [1.82, 2.24) is 15.6 Å². The van der Waals surface area contributed by atoms with Crippen molar-refractivity contribution in [3.05, 3.63) is 65.1 Å². The highest BCUT2D eigenvalue weighted by molar-refractivity contribution is 6.05. The van der Waals surface area contributed by atoms with Gasteiger partial charge in [-0.3, -0.25) is 14.6 Å². The number of carbonyl (C=O) groups excluding carboxylic acids is 2. The molecule has 0 radical (unpaired) electrons. The number of amides is 2. The van der Waals surface area contributed by atoms with E-state index in [0.717, 1.165) is 18.3 Å². The third kappa shape index (κ3) is 7.69. The van der Waals surface area contributed by atoms with Gasteiger partial charge in [0, 0.05) is 18.3 Å². The summed E-state index contributed by atoms with van der Waals surface area (Å²) in [5.41, 5.74) is -0.881. The number of hydrogen-bond acceptors (Lipinski definition) is 5. The van der Waals surface area contributed by atoms with Gasteiger partial charge >= 0.3 is 6.18 Å². The van der Waals surface area contributed by atoms with Gasteiger partial charge in [-0.15, -0.1) is 0 Å². The molecule has 7 nitrogen and oxygen atoms in total. The molecule has 172 valence electrons. The number of aliphatic hydroxyl groups is 1. The summed E-state index contributed by atoms with van der Waals surface area (Å²) in [5, 5.41) is 13.7. The van der Waals surface area contributed by atoms with E-state index in [-0.39, 0.29) is 30.0 Å². The first-order valence-corrected chi connectivity index (χ1v) is 9.78. The number of aliphatic hydroxyl groups excluding tert-OH is 1. The molecule has 10 heteroatoms. The van der Waals surface area contributed by atoms with Crippen LogP contribution in [-0.2, 0) is 11.0 Å². The Hall–Kier alpha value is -3.40. The summed E-state index contributed by atoms with van der Waals surface area (Å²) in [6, 6.07) is 8.18. The summed E-state index contributed by atoms with van der Waals surface area (Å²) in [7, 11) is 0. The third-order valence-electron chi connectivity index (χ3n) is 3.98. The lowest BCUT2D eigenvalue weighted by Crippen LogP contribution is -2.36. The number of benzene rings is 1. The predicted octanol–water partition coefficient (Wildman–Crippen LogP) is 3.01. The molecule has 1 aromatic heterocycles. The number of halogens is 3. The van der Waals surface area contributed by atoms with Crippen LogP contribution in [0.1, 0.15) is 35.5 Å². The number of ether oxygens (including phenoxy) is 1. The van der Waals surface area contributed by atoms with Crippen LogP contribution >= 0.6 is 0 Å². The lowest BCUT2D eigenvalue weighted by molar-refractivity contribution is -0.141. The zero-order valence-electron chi connectivity index (χ0n) is 17.6. The average Bonchev–Trinajstić information content (AvgIpc) is 2.75. The molecule has 3 N–H and O–H groups in total. The van der Waals surface area contributed by atoms with Crippen molar-refractivity contribution in [3.63, 3.8) is 0 Å². The zero-order chi connectivity index (χ0) is 23.7. The van der Waals surface area contributed by atoms with Gasteiger partial charge in [-0.25, -0.2) is 0 Å². The maximum atomic E-state index is 12.7. The highest BCUT2D eigenvalue weighted by Crippen LogP contribution is 2.27. The van der Waals surface area contributed by atoms with E-state index in [1.165, 1.54) is 18.2 Å². The van der Waals surface area contributed by atoms with Crippen molar-refractivity contribution >= 4 is 17.9 Å². The number of pyridine rings is 1. The van der Waals surface area contributed by atoms with E-state index in [2.05, 4.69) is 15.6 Å². The van der Waals surface area contributed by atoms with Crippen molar-refractivity contribution in [3.8, 4) is 5.75 Å². The molecular formula is C22H24F3N3O4. The summed E-state index contributed by atoms with van der Waals surface area (Å²) in [6.07, 6.45) is -2.46. The Kier molecular flexibility index (Phi) is 8.77. The van der Waals surface area contributed by atoms with E-state index in [1.54, 1.807) is 12.1 Å². The van der Waals surface area contributed by atoms with Crippen LogP contribution < -0.4 is 15.4 Å². The molecule has 0 saturated heterocycles. The van der Waals surface area contributed by atoms with Gasteiger partial charge in [-0.2, -0.15) is 13.2 Å². The van der Waals surface area contributed by atoms with Crippen molar-refractivity contribution in [1.29, 1.82) is 0 Å². The Labute approximate surface area is 183 Å². The zero-order valence-corrected chi connectivity index (χ0v) is 17.6. The van der Waals surface area contributed by atoms with Crippen LogP contribution in [0.15, 0.2) is 48.3 Å². The molecule has 0 saturated carbocycles. The molecule has 0 unspecified atom stereocenters.